The molecule has 0 bridgehead atoms. The van der Waals surface area contributed by atoms with Gasteiger partial charge in [-0.3, -0.25) is 4.79 Å². The maximum atomic E-state index is 12.7. The number of likely N-dealkylation sites (N-methyl/N-ethyl adjacent to an activating group) is 1. The van der Waals surface area contributed by atoms with Crippen molar-refractivity contribution in [2.75, 3.05) is 25.6 Å². The van der Waals surface area contributed by atoms with E-state index in [1.165, 1.54) is 7.05 Å². The van der Waals surface area contributed by atoms with Crippen molar-refractivity contribution >= 4 is 50.9 Å². The molecule has 152 valence electrons. The molecule has 0 fully saturated rings. The van der Waals surface area contributed by atoms with Gasteiger partial charge < -0.3 is 5.32 Å². The molecular formula is C19H22Cl2N2O3S2. The van der Waals surface area contributed by atoms with Gasteiger partial charge in [-0.25, -0.2) is 8.42 Å². The average Bonchev–Trinajstić information content (AvgIpc) is 2.64. The van der Waals surface area contributed by atoms with Gasteiger partial charge in [0.15, 0.2) is 0 Å². The molecule has 1 atom stereocenters. The lowest BCUT2D eigenvalue weighted by Gasteiger charge is -2.25. The van der Waals surface area contributed by atoms with Crippen LogP contribution in [-0.4, -0.2) is 44.2 Å². The molecule has 28 heavy (non-hydrogen) atoms. The Morgan fingerprint density at radius 1 is 1.11 bits per heavy atom. The molecular weight excluding hydrogens is 439 g/mol. The summed E-state index contributed by atoms with van der Waals surface area (Å²) in [5.41, 5.74) is 1.48. The van der Waals surface area contributed by atoms with E-state index in [0.717, 1.165) is 16.1 Å². The van der Waals surface area contributed by atoms with E-state index in [-0.39, 0.29) is 5.91 Å². The first-order chi connectivity index (χ1) is 13.2. The minimum Gasteiger partial charge on any atom is -0.354 e. The van der Waals surface area contributed by atoms with Gasteiger partial charge in [0.05, 0.1) is 6.26 Å². The van der Waals surface area contributed by atoms with Gasteiger partial charge in [-0.1, -0.05) is 59.6 Å². The SMILES string of the molecule is CN([C@@H](C(=O)NCCSCc1c(Cl)cccc1Cl)c1ccccc1)S(C)(=O)=O. The van der Waals surface area contributed by atoms with E-state index >= 15 is 0 Å². The Hall–Kier alpha value is -1.25. The molecule has 9 heteroatoms. The Morgan fingerprint density at radius 2 is 1.71 bits per heavy atom. The highest BCUT2D eigenvalue weighted by Gasteiger charge is 2.30. The molecule has 0 spiro atoms. The van der Waals surface area contributed by atoms with E-state index in [2.05, 4.69) is 5.32 Å². The topological polar surface area (TPSA) is 66.5 Å². The van der Waals surface area contributed by atoms with E-state index in [1.54, 1.807) is 54.2 Å². The van der Waals surface area contributed by atoms with Crippen molar-refractivity contribution in [1.29, 1.82) is 0 Å². The van der Waals surface area contributed by atoms with Crippen LogP contribution in [0.15, 0.2) is 48.5 Å². The Bertz CT molecular complexity index is 888. The highest BCUT2D eigenvalue weighted by Crippen LogP contribution is 2.28. The summed E-state index contributed by atoms with van der Waals surface area (Å²) in [5, 5.41) is 4.05. The van der Waals surface area contributed by atoms with Crippen molar-refractivity contribution < 1.29 is 13.2 Å². The number of amides is 1. The van der Waals surface area contributed by atoms with E-state index in [4.69, 9.17) is 23.2 Å². The predicted molar refractivity (Wildman–Crippen MR) is 117 cm³/mol. The zero-order valence-corrected chi connectivity index (χ0v) is 18.7. The molecule has 0 heterocycles. The minimum absolute atomic E-state index is 0.365. The fourth-order valence-electron chi connectivity index (χ4n) is 2.54. The van der Waals surface area contributed by atoms with Gasteiger partial charge in [0.2, 0.25) is 15.9 Å². The summed E-state index contributed by atoms with van der Waals surface area (Å²) in [6.45, 7) is 0.395. The number of hydrogen-bond acceptors (Lipinski definition) is 4. The number of hydrogen-bond donors (Lipinski definition) is 1. The Morgan fingerprint density at radius 3 is 2.29 bits per heavy atom. The van der Waals surface area contributed by atoms with Crippen molar-refractivity contribution in [2.24, 2.45) is 0 Å². The summed E-state index contributed by atoms with van der Waals surface area (Å²) < 4.78 is 25.0. The van der Waals surface area contributed by atoms with Gasteiger partial charge in [0.1, 0.15) is 6.04 Å². The molecule has 0 saturated carbocycles. The molecule has 0 aliphatic rings. The second-order valence-electron chi connectivity index (χ2n) is 6.14. The molecule has 1 amide bonds. The number of rotatable bonds is 9. The lowest BCUT2D eigenvalue weighted by Crippen LogP contribution is -2.41. The summed E-state index contributed by atoms with van der Waals surface area (Å²) in [4.78, 5) is 12.7. The molecule has 0 aliphatic carbocycles. The molecule has 2 aromatic rings. The molecule has 0 aromatic heterocycles. The minimum atomic E-state index is -3.54. The van der Waals surface area contributed by atoms with Crippen LogP contribution < -0.4 is 5.32 Å². The molecule has 0 aliphatic heterocycles. The zero-order chi connectivity index (χ0) is 20.7. The molecule has 0 unspecified atom stereocenters. The van der Waals surface area contributed by atoms with Gasteiger partial charge in [-0.2, -0.15) is 16.1 Å². The lowest BCUT2D eigenvalue weighted by atomic mass is 10.1. The van der Waals surface area contributed by atoms with E-state index in [0.29, 0.717) is 33.7 Å². The van der Waals surface area contributed by atoms with Crippen LogP contribution >= 0.6 is 35.0 Å². The van der Waals surface area contributed by atoms with Gasteiger partial charge in [-0.15, -0.1) is 0 Å². The van der Waals surface area contributed by atoms with Gasteiger partial charge in [-0.05, 0) is 23.3 Å². The third-order valence-corrected chi connectivity index (χ3v) is 7.05. The number of benzene rings is 2. The normalized spacial score (nSPS) is 12.8. The monoisotopic (exact) mass is 460 g/mol. The smallest absolute Gasteiger partial charge is 0.243 e. The predicted octanol–water partition coefficient (Wildman–Crippen LogP) is 3.98. The van der Waals surface area contributed by atoms with Crippen LogP contribution in [0.25, 0.3) is 0 Å². The van der Waals surface area contributed by atoms with Crippen LogP contribution in [-0.2, 0) is 20.6 Å². The molecule has 5 nitrogen and oxygen atoms in total. The second-order valence-corrected chi connectivity index (χ2v) is 10.1. The maximum absolute atomic E-state index is 12.7. The van der Waals surface area contributed by atoms with Crippen molar-refractivity contribution in [3.63, 3.8) is 0 Å². The molecule has 0 radical (unpaired) electrons. The number of halogens is 2. The third kappa shape index (κ3) is 6.39. The van der Waals surface area contributed by atoms with Crippen molar-refractivity contribution in [3.8, 4) is 0 Å². The largest absolute Gasteiger partial charge is 0.354 e. The highest BCUT2D eigenvalue weighted by molar-refractivity contribution is 7.98. The van der Waals surface area contributed by atoms with E-state index in [9.17, 15) is 13.2 Å². The molecule has 1 N–H and O–H groups in total. The van der Waals surface area contributed by atoms with Crippen molar-refractivity contribution in [2.45, 2.75) is 11.8 Å². The van der Waals surface area contributed by atoms with E-state index in [1.807, 2.05) is 6.07 Å². The van der Waals surface area contributed by atoms with Crippen molar-refractivity contribution in [1.82, 2.24) is 9.62 Å². The number of nitrogens with one attached hydrogen (secondary N) is 1. The Balaban J connectivity index is 1.95. The van der Waals surface area contributed by atoms with Crippen LogP contribution in [0.2, 0.25) is 10.0 Å². The first kappa shape index (κ1) is 23.0. The van der Waals surface area contributed by atoms with Crippen LogP contribution in [0.1, 0.15) is 17.2 Å². The number of thioether (sulfide) groups is 1. The summed E-state index contributed by atoms with van der Waals surface area (Å²) in [5.74, 6) is 0.896. The van der Waals surface area contributed by atoms with Gasteiger partial charge >= 0.3 is 0 Å². The average molecular weight is 461 g/mol. The lowest BCUT2D eigenvalue weighted by molar-refractivity contribution is -0.124. The molecule has 2 rings (SSSR count). The third-order valence-electron chi connectivity index (χ3n) is 4.10. The fraction of sp³-hybridized carbons (Fsp3) is 0.316. The number of carbonyl (C=O) groups is 1. The maximum Gasteiger partial charge on any atom is 0.243 e. The summed E-state index contributed by atoms with van der Waals surface area (Å²) >= 11 is 13.9. The van der Waals surface area contributed by atoms with Crippen LogP contribution in [0.5, 0.6) is 0 Å². The van der Waals surface area contributed by atoms with E-state index < -0.39 is 16.1 Å². The van der Waals surface area contributed by atoms with Crippen LogP contribution in [0.4, 0.5) is 0 Å². The first-order valence-electron chi connectivity index (χ1n) is 8.48. The van der Waals surface area contributed by atoms with Gasteiger partial charge in [0, 0.05) is 35.1 Å². The first-order valence-corrected chi connectivity index (χ1v) is 12.2. The zero-order valence-electron chi connectivity index (χ0n) is 15.6. The molecule has 2 aromatic carbocycles. The Labute approximate surface area is 180 Å². The standard InChI is InChI=1S/C19H22Cl2N2O3S2/c1-23(28(2,25)26)18(14-7-4-3-5-8-14)19(24)22-11-12-27-13-15-16(20)9-6-10-17(15)21/h3-10,18H,11-13H2,1-2H3,(H,22,24)/t18-/m1/s1. The fourth-order valence-corrected chi connectivity index (χ4v) is 4.74. The quantitative estimate of drug-likeness (QED) is 0.574. The van der Waals surface area contributed by atoms with Crippen molar-refractivity contribution in [3.05, 3.63) is 69.7 Å². The molecule has 0 saturated heterocycles. The number of nitrogens with zero attached hydrogens (tertiary/aromatic N) is 1. The Kier molecular flexibility index (Phi) is 8.64. The van der Waals surface area contributed by atoms with Gasteiger partial charge in [0.25, 0.3) is 0 Å². The number of carbonyl (C=O) groups excluding carboxylic acids is 1. The summed E-state index contributed by atoms with van der Waals surface area (Å²) in [7, 11) is -2.13. The second kappa shape index (κ2) is 10.5. The number of sulfonamides is 1. The summed E-state index contributed by atoms with van der Waals surface area (Å²) in [6, 6.07) is 13.3. The van der Waals surface area contributed by atoms with Crippen LogP contribution in [0.3, 0.4) is 0 Å². The van der Waals surface area contributed by atoms with Crippen LogP contribution in [0, 0.1) is 0 Å². The summed E-state index contributed by atoms with van der Waals surface area (Å²) in [6.07, 6.45) is 1.08. The highest BCUT2D eigenvalue weighted by atomic mass is 35.5.